The number of aromatic carboxylic acids is 1. The lowest BCUT2D eigenvalue weighted by atomic mass is 10.1. The molecule has 0 bridgehead atoms. The van der Waals surface area contributed by atoms with E-state index in [-0.39, 0.29) is 17.5 Å². The standard InChI is InChI=1S/C17H18N2O3S/c20-14(8-3-11-1-4-13(5-2-11)17(21)22)19-15(12-6-7-12)16-18-9-10-23-16/h1-2,4-5,9-10,12,15H,3,6-8H2,(H,19,20)(H,21,22)/t15-/m0/s1. The highest BCUT2D eigenvalue weighted by atomic mass is 32.1. The molecule has 120 valence electrons. The number of carbonyl (C=O) groups is 2. The van der Waals surface area contributed by atoms with Crippen molar-refractivity contribution < 1.29 is 14.7 Å². The van der Waals surface area contributed by atoms with Gasteiger partial charge in [-0.2, -0.15) is 0 Å². The maximum atomic E-state index is 12.2. The zero-order chi connectivity index (χ0) is 16.2. The van der Waals surface area contributed by atoms with Gasteiger partial charge in [0, 0.05) is 18.0 Å². The van der Waals surface area contributed by atoms with E-state index < -0.39 is 5.97 Å². The number of hydrogen-bond donors (Lipinski definition) is 2. The number of nitrogens with one attached hydrogen (secondary N) is 1. The van der Waals surface area contributed by atoms with Crippen LogP contribution in [0.3, 0.4) is 0 Å². The summed E-state index contributed by atoms with van der Waals surface area (Å²) in [4.78, 5) is 27.3. The van der Waals surface area contributed by atoms with E-state index in [1.54, 1.807) is 41.8 Å². The lowest BCUT2D eigenvalue weighted by Crippen LogP contribution is -2.29. The molecule has 1 amide bonds. The molecule has 1 fully saturated rings. The summed E-state index contributed by atoms with van der Waals surface area (Å²) in [5.74, 6) is -0.413. The first-order valence-corrected chi connectivity index (χ1v) is 8.52. The molecule has 0 saturated heterocycles. The van der Waals surface area contributed by atoms with Crippen molar-refractivity contribution in [1.29, 1.82) is 0 Å². The third kappa shape index (κ3) is 4.16. The maximum absolute atomic E-state index is 12.2. The first kappa shape index (κ1) is 15.7. The number of aromatic nitrogens is 1. The van der Waals surface area contributed by atoms with Gasteiger partial charge in [0.2, 0.25) is 5.91 Å². The minimum atomic E-state index is -0.940. The van der Waals surface area contributed by atoms with E-state index in [2.05, 4.69) is 10.3 Å². The fourth-order valence-electron chi connectivity index (χ4n) is 2.52. The van der Waals surface area contributed by atoms with Crippen molar-refractivity contribution in [3.05, 3.63) is 52.0 Å². The van der Waals surface area contributed by atoms with Crippen molar-refractivity contribution in [3.63, 3.8) is 0 Å². The number of benzene rings is 1. The Hall–Kier alpha value is -2.21. The fourth-order valence-corrected chi connectivity index (χ4v) is 3.30. The van der Waals surface area contributed by atoms with Crippen molar-refractivity contribution >= 4 is 23.2 Å². The van der Waals surface area contributed by atoms with Gasteiger partial charge in [-0.25, -0.2) is 9.78 Å². The molecule has 1 aromatic heterocycles. The van der Waals surface area contributed by atoms with E-state index in [0.717, 1.165) is 23.4 Å². The molecule has 23 heavy (non-hydrogen) atoms. The zero-order valence-electron chi connectivity index (χ0n) is 12.6. The molecule has 0 aliphatic heterocycles. The molecule has 6 heteroatoms. The predicted molar refractivity (Wildman–Crippen MR) is 87.4 cm³/mol. The van der Waals surface area contributed by atoms with E-state index in [4.69, 9.17) is 5.11 Å². The van der Waals surface area contributed by atoms with E-state index in [1.165, 1.54) is 0 Å². The monoisotopic (exact) mass is 330 g/mol. The summed E-state index contributed by atoms with van der Waals surface area (Å²) in [7, 11) is 0. The highest BCUT2D eigenvalue weighted by molar-refractivity contribution is 7.09. The minimum Gasteiger partial charge on any atom is -0.478 e. The molecule has 1 saturated carbocycles. The van der Waals surface area contributed by atoms with Gasteiger partial charge in [0.15, 0.2) is 0 Å². The Balaban J connectivity index is 1.53. The zero-order valence-corrected chi connectivity index (χ0v) is 13.4. The topological polar surface area (TPSA) is 79.3 Å². The summed E-state index contributed by atoms with van der Waals surface area (Å²) >= 11 is 1.58. The Kier molecular flexibility index (Phi) is 4.71. The first-order valence-electron chi connectivity index (χ1n) is 7.64. The lowest BCUT2D eigenvalue weighted by molar-refractivity contribution is -0.122. The second kappa shape index (κ2) is 6.91. The van der Waals surface area contributed by atoms with Crippen LogP contribution in [-0.2, 0) is 11.2 Å². The lowest BCUT2D eigenvalue weighted by Gasteiger charge is -2.15. The number of hydrogen-bond acceptors (Lipinski definition) is 4. The highest BCUT2D eigenvalue weighted by Crippen LogP contribution is 2.41. The molecule has 0 spiro atoms. The number of amides is 1. The molecule has 3 rings (SSSR count). The number of thiazole rings is 1. The Bertz CT molecular complexity index is 678. The van der Waals surface area contributed by atoms with Gasteiger partial charge in [0.05, 0.1) is 11.6 Å². The van der Waals surface area contributed by atoms with Gasteiger partial charge in [-0.05, 0) is 42.9 Å². The van der Waals surface area contributed by atoms with Crippen LogP contribution in [0, 0.1) is 5.92 Å². The van der Waals surface area contributed by atoms with Gasteiger partial charge in [-0.3, -0.25) is 4.79 Å². The number of aryl methyl sites for hydroxylation is 1. The third-order valence-corrected chi connectivity index (χ3v) is 4.83. The van der Waals surface area contributed by atoms with E-state index in [9.17, 15) is 9.59 Å². The quantitative estimate of drug-likeness (QED) is 0.818. The molecule has 1 atom stereocenters. The first-order chi connectivity index (χ1) is 11.1. The molecule has 0 unspecified atom stereocenters. The van der Waals surface area contributed by atoms with Crippen LogP contribution >= 0.6 is 11.3 Å². The summed E-state index contributed by atoms with van der Waals surface area (Å²) in [6.07, 6.45) is 5.04. The van der Waals surface area contributed by atoms with Gasteiger partial charge >= 0.3 is 5.97 Å². The van der Waals surface area contributed by atoms with Crippen molar-refractivity contribution in [2.45, 2.75) is 31.7 Å². The number of carboxylic acid groups (broad SMARTS) is 1. The summed E-state index contributed by atoms with van der Waals surface area (Å²) in [6, 6.07) is 6.69. The molecule has 0 radical (unpaired) electrons. The van der Waals surface area contributed by atoms with Crippen molar-refractivity contribution in [2.24, 2.45) is 5.92 Å². The molecular weight excluding hydrogens is 312 g/mol. The fraction of sp³-hybridized carbons (Fsp3) is 0.353. The van der Waals surface area contributed by atoms with Crippen LogP contribution in [0.15, 0.2) is 35.8 Å². The molecule has 1 aliphatic carbocycles. The number of nitrogens with zero attached hydrogens (tertiary/aromatic N) is 1. The number of carbonyl (C=O) groups excluding carboxylic acids is 1. The maximum Gasteiger partial charge on any atom is 0.335 e. The van der Waals surface area contributed by atoms with Gasteiger partial charge in [0.25, 0.3) is 0 Å². The van der Waals surface area contributed by atoms with Gasteiger partial charge in [-0.15, -0.1) is 11.3 Å². The van der Waals surface area contributed by atoms with Crippen molar-refractivity contribution in [1.82, 2.24) is 10.3 Å². The second-order valence-corrected chi connectivity index (χ2v) is 6.68. The van der Waals surface area contributed by atoms with E-state index in [0.29, 0.717) is 18.8 Å². The molecule has 1 aliphatic rings. The summed E-state index contributed by atoms with van der Waals surface area (Å²) < 4.78 is 0. The molecule has 1 heterocycles. The predicted octanol–water partition coefficient (Wildman–Crippen LogP) is 3.04. The Morgan fingerprint density at radius 3 is 2.61 bits per heavy atom. The van der Waals surface area contributed by atoms with Crippen LogP contribution in [0.2, 0.25) is 0 Å². The Morgan fingerprint density at radius 1 is 1.30 bits per heavy atom. The van der Waals surface area contributed by atoms with Crippen LogP contribution in [-0.4, -0.2) is 22.0 Å². The molecule has 5 nitrogen and oxygen atoms in total. The smallest absolute Gasteiger partial charge is 0.335 e. The number of carboxylic acids is 1. The van der Waals surface area contributed by atoms with Gasteiger partial charge in [-0.1, -0.05) is 12.1 Å². The molecule has 2 N–H and O–H groups in total. The summed E-state index contributed by atoms with van der Waals surface area (Å²) in [5, 5.41) is 14.9. The van der Waals surface area contributed by atoms with Crippen LogP contribution in [0.4, 0.5) is 0 Å². The van der Waals surface area contributed by atoms with Crippen molar-refractivity contribution in [2.75, 3.05) is 0 Å². The molecule has 2 aromatic rings. The average molecular weight is 330 g/mol. The normalized spacial score (nSPS) is 15.1. The highest BCUT2D eigenvalue weighted by Gasteiger charge is 2.34. The van der Waals surface area contributed by atoms with Crippen molar-refractivity contribution in [3.8, 4) is 0 Å². The second-order valence-electron chi connectivity index (χ2n) is 5.76. The summed E-state index contributed by atoms with van der Waals surface area (Å²) in [6.45, 7) is 0. The SMILES string of the molecule is O=C(CCc1ccc(C(=O)O)cc1)N[C@H](c1nccs1)C1CC1. The minimum absolute atomic E-state index is 0.0133. The average Bonchev–Trinajstić information content (AvgIpc) is 3.25. The van der Waals surface area contributed by atoms with Crippen LogP contribution in [0.5, 0.6) is 0 Å². The van der Waals surface area contributed by atoms with Gasteiger partial charge in [0.1, 0.15) is 5.01 Å². The van der Waals surface area contributed by atoms with E-state index >= 15 is 0 Å². The van der Waals surface area contributed by atoms with Gasteiger partial charge < -0.3 is 10.4 Å². The van der Waals surface area contributed by atoms with E-state index in [1.807, 2.05) is 5.38 Å². The third-order valence-electron chi connectivity index (χ3n) is 3.97. The largest absolute Gasteiger partial charge is 0.478 e. The van der Waals surface area contributed by atoms with Crippen LogP contribution in [0.25, 0.3) is 0 Å². The number of rotatable bonds is 7. The Morgan fingerprint density at radius 2 is 2.04 bits per heavy atom. The van der Waals surface area contributed by atoms with Crippen LogP contribution in [0.1, 0.15) is 46.2 Å². The Labute approximate surface area is 138 Å². The molecular formula is C17H18N2O3S. The van der Waals surface area contributed by atoms with Crippen LogP contribution < -0.4 is 5.32 Å². The summed E-state index contributed by atoms with van der Waals surface area (Å²) in [5.41, 5.74) is 1.22. The molecule has 1 aromatic carbocycles.